The Bertz CT molecular complexity index is 1640. The molecule has 0 aliphatic rings. The smallest absolute Gasteiger partial charge is 0.188 e. The number of hydrogen-bond acceptors (Lipinski definition) is 8. The number of aromatic nitrogens is 4. The second-order valence-electron chi connectivity index (χ2n) is 8.41. The number of fused-ring (bicyclic) bond motifs is 1. The molecule has 6 aromatic rings. The molecule has 37 heavy (non-hydrogen) atoms. The molecule has 5 aromatic heterocycles. The van der Waals surface area contributed by atoms with E-state index < -0.39 is 0 Å². The number of aryl methyl sites for hydroxylation is 3. The van der Waals surface area contributed by atoms with Gasteiger partial charge in [0.25, 0.3) is 0 Å². The molecule has 0 aliphatic carbocycles. The highest BCUT2D eigenvalue weighted by Gasteiger charge is 2.14. The minimum atomic E-state index is 0.630. The second-order valence-corrected chi connectivity index (χ2v) is 11.3. The van der Waals surface area contributed by atoms with E-state index >= 15 is 0 Å². The summed E-state index contributed by atoms with van der Waals surface area (Å²) in [6, 6.07) is 20.1. The summed E-state index contributed by atoms with van der Waals surface area (Å²) in [7, 11) is 0. The number of nitrogens with zero attached hydrogens (tertiary/aromatic N) is 3. The van der Waals surface area contributed by atoms with Crippen LogP contribution < -0.4 is 10.1 Å². The summed E-state index contributed by atoms with van der Waals surface area (Å²) in [6.07, 6.45) is 5.51. The number of thiazole rings is 1. The van der Waals surface area contributed by atoms with E-state index in [1.54, 1.807) is 34.4 Å². The number of para-hydroxylation sites is 1. The molecule has 9 heteroatoms. The van der Waals surface area contributed by atoms with Gasteiger partial charge in [0.15, 0.2) is 16.7 Å². The van der Waals surface area contributed by atoms with Gasteiger partial charge in [0.1, 0.15) is 5.75 Å². The normalized spacial score (nSPS) is 11.2. The summed E-state index contributed by atoms with van der Waals surface area (Å²) in [5, 5.41) is 8.33. The van der Waals surface area contributed by atoms with E-state index in [9.17, 15) is 0 Å². The molecule has 0 atom stereocenters. The maximum Gasteiger partial charge on any atom is 0.188 e. The lowest BCUT2D eigenvalue weighted by molar-refractivity contribution is 0.481. The van der Waals surface area contributed by atoms with E-state index in [-0.39, 0.29) is 0 Å². The van der Waals surface area contributed by atoms with Gasteiger partial charge in [-0.1, -0.05) is 30.0 Å². The molecular weight excluding hydrogens is 519 g/mol. The van der Waals surface area contributed by atoms with Gasteiger partial charge in [0.2, 0.25) is 0 Å². The van der Waals surface area contributed by atoms with E-state index in [1.807, 2.05) is 60.9 Å². The highest BCUT2D eigenvalue weighted by atomic mass is 32.2. The van der Waals surface area contributed by atoms with Gasteiger partial charge >= 0.3 is 0 Å². The zero-order chi connectivity index (χ0) is 25.0. The zero-order valence-corrected chi connectivity index (χ0v) is 22.4. The van der Waals surface area contributed by atoms with Crippen molar-refractivity contribution in [3.63, 3.8) is 0 Å². The van der Waals surface area contributed by atoms with E-state index in [1.165, 1.54) is 16.1 Å². The maximum absolute atomic E-state index is 6.27. The van der Waals surface area contributed by atoms with Crippen LogP contribution in [0, 0.1) is 6.92 Å². The minimum Gasteiger partial charge on any atom is -0.453 e. The quantitative estimate of drug-likeness (QED) is 0.192. The van der Waals surface area contributed by atoms with Gasteiger partial charge in [-0.15, -0.1) is 22.7 Å². The summed E-state index contributed by atoms with van der Waals surface area (Å²) in [5.41, 5.74) is 4.46. The van der Waals surface area contributed by atoms with Crippen LogP contribution in [-0.2, 0) is 12.8 Å². The van der Waals surface area contributed by atoms with Crippen LogP contribution in [0.25, 0.3) is 10.2 Å². The number of anilines is 2. The fourth-order valence-corrected chi connectivity index (χ4v) is 6.50. The molecule has 6 rings (SSSR count). The van der Waals surface area contributed by atoms with Crippen molar-refractivity contribution in [3.05, 3.63) is 101 Å². The molecule has 0 saturated carbocycles. The SMILES string of the molecule is Cc1ccc(CCc2csc(Nc3ncc(Sc4ccnc5ccsc45)cc3Oc3ccccc3)n2)[nH]1. The average Bonchev–Trinajstić information content (AvgIpc) is 3.67. The van der Waals surface area contributed by atoms with Crippen molar-refractivity contribution >= 4 is 55.6 Å². The predicted molar refractivity (Wildman–Crippen MR) is 153 cm³/mol. The first-order chi connectivity index (χ1) is 18.2. The topological polar surface area (TPSA) is 75.7 Å². The van der Waals surface area contributed by atoms with Gasteiger partial charge in [0, 0.05) is 45.0 Å². The largest absolute Gasteiger partial charge is 0.453 e. The lowest BCUT2D eigenvalue weighted by Crippen LogP contribution is -1.98. The summed E-state index contributed by atoms with van der Waals surface area (Å²) < 4.78 is 7.44. The second kappa shape index (κ2) is 10.8. The van der Waals surface area contributed by atoms with Gasteiger partial charge in [-0.05, 0) is 61.5 Å². The number of aromatic amines is 1. The number of ether oxygens (including phenoxy) is 1. The highest BCUT2D eigenvalue weighted by Crippen LogP contribution is 2.39. The monoisotopic (exact) mass is 541 g/mol. The first kappa shape index (κ1) is 23.7. The van der Waals surface area contributed by atoms with Crippen LogP contribution in [0.1, 0.15) is 17.1 Å². The predicted octanol–water partition coefficient (Wildman–Crippen LogP) is 8.26. The fourth-order valence-electron chi connectivity index (χ4n) is 3.88. The maximum atomic E-state index is 6.27. The number of benzene rings is 1. The van der Waals surface area contributed by atoms with Crippen LogP contribution in [0.5, 0.6) is 11.5 Å². The van der Waals surface area contributed by atoms with Crippen LogP contribution in [0.3, 0.4) is 0 Å². The Hall–Kier alpha value is -3.66. The minimum absolute atomic E-state index is 0.630. The molecule has 0 saturated heterocycles. The highest BCUT2D eigenvalue weighted by molar-refractivity contribution is 7.99. The molecule has 0 amide bonds. The average molecular weight is 542 g/mol. The third kappa shape index (κ3) is 5.69. The Kier molecular flexibility index (Phi) is 6.90. The summed E-state index contributed by atoms with van der Waals surface area (Å²) in [5.74, 6) is 2.02. The molecule has 0 aliphatic heterocycles. The molecule has 0 unspecified atom stereocenters. The molecule has 0 radical (unpaired) electrons. The Morgan fingerprint density at radius 1 is 1.00 bits per heavy atom. The van der Waals surface area contributed by atoms with Gasteiger partial charge in [0.05, 0.1) is 15.9 Å². The molecule has 1 aromatic carbocycles. The van der Waals surface area contributed by atoms with Gasteiger partial charge in [-0.2, -0.15) is 0 Å². The van der Waals surface area contributed by atoms with Crippen molar-refractivity contribution in [3.8, 4) is 11.5 Å². The number of nitrogens with one attached hydrogen (secondary N) is 2. The molecule has 5 heterocycles. The molecule has 0 fully saturated rings. The molecular formula is C28H23N5OS3. The lowest BCUT2D eigenvalue weighted by Gasteiger charge is -2.12. The van der Waals surface area contributed by atoms with Crippen molar-refractivity contribution in [1.29, 1.82) is 0 Å². The van der Waals surface area contributed by atoms with Gasteiger partial charge in [-0.3, -0.25) is 4.98 Å². The third-order valence-electron chi connectivity index (χ3n) is 5.65. The van der Waals surface area contributed by atoms with E-state index in [0.29, 0.717) is 11.6 Å². The third-order valence-corrected chi connectivity index (χ3v) is 8.55. The Balaban J connectivity index is 1.24. The van der Waals surface area contributed by atoms with Gasteiger partial charge in [-0.25, -0.2) is 9.97 Å². The molecule has 2 N–H and O–H groups in total. The number of H-pyrrole nitrogens is 1. The molecule has 0 spiro atoms. The van der Waals surface area contributed by atoms with Crippen molar-refractivity contribution < 1.29 is 4.74 Å². The van der Waals surface area contributed by atoms with Gasteiger partial charge < -0.3 is 15.0 Å². The zero-order valence-electron chi connectivity index (χ0n) is 20.0. The molecule has 184 valence electrons. The number of pyridine rings is 2. The van der Waals surface area contributed by atoms with Crippen LogP contribution in [0.2, 0.25) is 0 Å². The standard InChI is InChI=1S/C28H23N5OS3/c1-18-7-8-19(31-18)9-10-20-17-36-28(32-20)33-27-24(34-21-5-3-2-4-6-21)15-22(16-30-27)37-25-11-13-29-23-12-14-35-26(23)25/h2-8,11-17,31H,9-10H2,1H3,(H,30,32,33). The fraction of sp³-hybridized carbons (Fsp3) is 0.107. The van der Waals surface area contributed by atoms with Crippen molar-refractivity contribution in [2.45, 2.75) is 29.6 Å². The van der Waals surface area contributed by atoms with Crippen molar-refractivity contribution in [1.82, 2.24) is 19.9 Å². The van der Waals surface area contributed by atoms with E-state index in [2.05, 4.69) is 45.1 Å². The number of rotatable bonds is 9. The molecule has 0 bridgehead atoms. The van der Waals surface area contributed by atoms with Crippen LogP contribution in [0.15, 0.2) is 93.6 Å². The van der Waals surface area contributed by atoms with Crippen molar-refractivity contribution in [2.24, 2.45) is 0 Å². The van der Waals surface area contributed by atoms with Crippen LogP contribution in [0.4, 0.5) is 10.9 Å². The summed E-state index contributed by atoms with van der Waals surface area (Å²) in [4.78, 5) is 19.5. The van der Waals surface area contributed by atoms with Crippen LogP contribution >= 0.6 is 34.4 Å². The first-order valence-electron chi connectivity index (χ1n) is 11.8. The van der Waals surface area contributed by atoms with Crippen molar-refractivity contribution in [2.75, 3.05) is 5.32 Å². The Morgan fingerprint density at radius 2 is 1.92 bits per heavy atom. The Morgan fingerprint density at radius 3 is 2.78 bits per heavy atom. The Labute approximate surface area is 226 Å². The molecule has 6 nitrogen and oxygen atoms in total. The first-order valence-corrected chi connectivity index (χ1v) is 14.4. The van der Waals surface area contributed by atoms with E-state index in [0.717, 1.165) is 44.7 Å². The summed E-state index contributed by atoms with van der Waals surface area (Å²) >= 11 is 4.92. The lowest BCUT2D eigenvalue weighted by atomic mass is 10.2. The van der Waals surface area contributed by atoms with Crippen LogP contribution in [-0.4, -0.2) is 19.9 Å². The summed E-state index contributed by atoms with van der Waals surface area (Å²) in [6.45, 7) is 2.07. The van der Waals surface area contributed by atoms with E-state index in [4.69, 9.17) is 14.7 Å². The number of thiophene rings is 1. The number of hydrogen-bond donors (Lipinski definition) is 2.